The highest BCUT2D eigenvalue weighted by Gasteiger charge is 2.15. The van der Waals surface area contributed by atoms with Crippen molar-refractivity contribution in [3.8, 4) is 22.8 Å². The van der Waals surface area contributed by atoms with Crippen LogP contribution in [-0.4, -0.2) is 10.9 Å². The molecule has 0 radical (unpaired) electrons. The number of oxazole rings is 1. The number of carbonyl (C=O) groups excluding carboxylic acids is 1. The highest BCUT2D eigenvalue weighted by atomic mass is 79.9. The van der Waals surface area contributed by atoms with Gasteiger partial charge in [0, 0.05) is 16.8 Å². The lowest BCUT2D eigenvalue weighted by atomic mass is 10.1. The Kier molecular flexibility index (Phi) is 5.79. The van der Waals surface area contributed by atoms with E-state index in [1.807, 2.05) is 42.5 Å². The van der Waals surface area contributed by atoms with Crippen LogP contribution in [0.4, 0.5) is 5.69 Å². The smallest absolute Gasteiger partial charge is 0.291 e. The molecule has 0 unspecified atom stereocenters. The van der Waals surface area contributed by atoms with E-state index in [-0.39, 0.29) is 11.7 Å². The molecule has 7 heteroatoms. The van der Waals surface area contributed by atoms with Crippen LogP contribution in [0.15, 0.2) is 86.1 Å². The molecule has 0 aliphatic heterocycles. The van der Waals surface area contributed by atoms with Crippen LogP contribution in [0, 0.1) is 0 Å². The number of nitrogens with one attached hydrogen (secondary N) is 1. The number of rotatable bonds is 5. The van der Waals surface area contributed by atoms with Gasteiger partial charge in [-0.25, -0.2) is 4.98 Å². The first-order valence-electron chi connectivity index (χ1n) is 10.4. The summed E-state index contributed by atoms with van der Waals surface area (Å²) in [6.45, 7) is 2.10. The second kappa shape index (κ2) is 8.89. The zero-order valence-electron chi connectivity index (χ0n) is 17.6. The maximum Gasteiger partial charge on any atom is 0.291 e. The summed E-state index contributed by atoms with van der Waals surface area (Å²) in [5.74, 6) is 0.908. The number of nitrogens with zero attached hydrogens (tertiary/aromatic N) is 1. The van der Waals surface area contributed by atoms with Gasteiger partial charge in [0.1, 0.15) is 11.3 Å². The number of aromatic nitrogens is 1. The molecule has 0 atom stereocenters. The number of fused-ring (bicyclic) bond motifs is 1. The standard InChI is InChI=1S/C26H18BrClN2O3/c1-2-15-13-19(27)24-21(14-15)30-26(33-24)16-7-9-17(10-8-16)29-25(31)23-12-11-22(32-23)18-5-3-4-6-20(18)28/h3-14H,2H2,1H3,(H,29,31). The third-order valence-electron chi connectivity index (χ3n) is 5.27. The van der Waals surface area contributed by atoms with Crippen LogP contribution in [0.2, 0.25) is 5.02 Å². The Labute approximate surface area is 203 Å². The fourth-order valence-electron chi connectivity index (χ4n) is 3.53. The zero-order valence-corrected chi connectivity index (χ0v) is 19.9. The van der Waals surface area contributed by atoms with Crippen LogP contribution >= 0.6 is 27.5 Å². The molecule has 0 aliphatic carbocycles. The molecule has 2 aromatic heterocycles. The van der Waals surface area contributed by atoms with Gasteiger partial charge in [-0.15, -0.1) is 0 Å². The first-order chi connectivity index (χ1) is 16.0. The number of anilines is 1. The quantitative estimate of drug-likeness (QED) is 0.254. The molecule has 0 fully saturated rings. The van der Waals surface area contributed by atoms with Crippen molar-refractivity contribution < 1.29 is 13.6 Å². The summed E-state index contributed by atoms with van der Waals surface area (Å²) in [4.78, 5) is 17.3. The number of benzene rings is 3. The van der Waals surface area contributed by atoms with Gasteiger partial charge in [-0.05, 0) is 88.6 Å². The average molecular weight is 522 g/mol. The number of carbonyl (C=O) groups is 1. The number of hydrogen-bond acceptors (Lipinski definition) is 4. The van der Waals surface area contributed by atoms with E-state index in [9.17, 15) is 4.79 Å². The SMILES string of the molecule is CCc1cc(Br)c2oc(-c3ccc(NC(=O)c4ccc(-c5ccccc5Cl)o4)cc3)nc2c1. The lowest BCUT2D eigenvalue weighted by molar-refractivity contribution is 0.0997. The van der Waals surface area contributed by atoms with Crippen molar-refractivity contribution >= 4 is 50.2 Å². The van der Waals surface area contributed by atoms with Crippen molar-refractivity contribution in [3.05, 3.63) is 93.6 Å². The zero-order chi connectivity index (χ0) is 22.9. The van der Waals surface area contributed by atoms with Crippen molar-refractivity contribution in [2.24, 2.45) is 0 Å². The Morgan fingerprint density at radius 1 is 1.03 bits per heavy atom. The van der Waals surface area contributed by atoms with E-state index in [0.29, 0.717) is 27.9 Å². The molecule has 0 bridgehead atoms. The van der Waals surface area contributed by atoms with Crippen LogP contribution < -0.4 is 5.32 Å². The lowest BCUT2D eigenvalue weighted by Gasteiger charge is -2.04. The maximum atomic E-state index is 12.6. The van der Waals surface area contributed by atoms with E-state index >= 15 is 0 Å². The van der Waals surface area contributed by atoms with Gasteiger partial charge in [0.15, 0.2) is 11.3 Å². The number of hydrogen-bond donors (Lipinski definition) is 1. The third kappa shape index (κ3) is 4.32. The van der Waals surface area contributed by atoms with E-state index in [1.165, 1.54) is 5.56 Å². The molecule has 0 saturated carbocycles. The highest BCUT2D eigenvalue weighted by molar-refractivity contribution is 9.10. The first-order valence-corrected chi connectivity index (χ1v) is 11.5. The van der Waals surface area contributed by atoms with Crippen LogP contribution in [0.5, 0.6) is 0 Å². The maximum absolute atomic E-state index is 12.6. The predicted molar refractivity (Wildman–Crippen MR) is 134 cm³/mol. The van der Waals surface area contributed by atoms with Gasteiger partial charge >= 0.3 is 0 Å². The number of halogens is 2. The van der Waals surface area contributed by atoms with Crippen molar-refractivity contribution in [1.29, 1.82) is 0 Å². The summed E-state index contributed by atoms with van der Waals surface area (Å²) in [6, 6.07) is 22.1. The Bertz CT molecular complexity index is 1470. The minimum absolute atomic E-state index is 0.199. The second-order valence-corrected chi connectivity index (χ2v) is 8.74. The van der Waals surface area contributed by atoms with Gasteiger partial charge in [-0.1, -0.05) is 30.7 Å². The lowest BCUT2D eigenvalue weighted by Crippen LogP contribution is -2.10. The minimum atomic E-state index is -0.348. The molecule has 5 aromatic rings. The van der Waals surface area contributed by atoms with E-state index < -0.39 is 0 Å². The summed E-state index contributed by atoms with van der Waals surface area (Å²) in [6.07, 6.45) is 0.917. The molecule has 3 aromatic carbocycles. The molecule has 5 nitrogen and oxygen atoms in total. The summed E-state index contributed by atoms with van der Waals surface area (Å²) >= 11 is 9.77. The average Bonchev–Trinajstić information content (AvgIpc) is 3.48. The van der Waals surface area contributed by atoms with Crippen molar-refractivity contribution in [3.63, 3.8) is 0 Å². The second-order valence-electron chi connectivity index (χ2n) is 7.47. The van der Waals surface area contributed by atoms with Gasteiger partial charge in [0.2, 0.25) is 5.89 Å². The predicted octanol–water partition coefficient (Wildman–Crippen LogP) is 7.99. The normalized spacial score (nSPS) is 11.1. The number of amides is 1. The Morgan fingerprint density at radius 2 is 1.82 bits per heavy atom. The summed E-state index contributed by atoms with van der Waals surface area (Å²) in [7, 11) is 0. The molecule has 33 heavy (non-hydrogen) atoms. The fourth-order valence-corrected chi connectivity index (χ4v) is 4.34. The van der Waals surface area contributed by atoms with Gasteiger partial charge in [-0.2, -0.15) is 0 Å². The van der Waals surface area contributed by atoms with E-state index in [4.69, 9.17) is 20.4 Å². The molecule has 5 rings (SSSR count). The number of furan rings is 1. The van der Waals surface area contributed by atoms with E-state index in [2.05, 4.69) is 33.2 Å². The molecule has 1 N–H and O–H groups in total. The largest absolute Gasteiger partial charge is 0.451 e. The molecule has 0 spiro atoms. The van der Waals surface area contributed by atoms with Crippen LogP contribution in [0.3, 0.4) is 0 Å². The van der Waals surface area contributed by atoms with Crippen LogP contribution in [0.25, 0.3) is 33.9 Å². The first kappa shape index (κ1) is 21.5. The van der Waals surface area contributed by atoms with E-state index in [0.717, 1.165) is 27.5 Å². The molecular weight excluding hydrogens is 504 g/mol. The summed E-state index contributed by atoms with van der Waals surface area (Å²) in [5.41, 5.74) is 4.88. The topological polar surface area (TPSA) is 68.3 Å². The van der Waals surface area contributed by atoms with Gasteiger partial charge < -0.3 is 14.2 Å². The fraction of sp³-hybridized carbons (Fsp3) is 0.0769. The Morgan fingerprint density at radius 3 is 2.58 bits per heavy atom. The molecule has 2 heterocycles. The Hall–Kier alpha value is -3.35. The van der Waals surface area contributed by atoms with Gasteiger partial charge in [-0.3, -0.25) is 4.79 Å². The minimum Gasteiger partial charge on any atom is -0.451 e. The third-order valence-corrected chi connectivity index (χ3v) is 6.19. The monoisotopic (exact) mass is 520 g/mol. The van der Waals surface area contributed by atoms with Crippen molar-refractivity contribution in [1.82, 2.24) is 4.98 Å². The molecule has 0 saturated heterocycles. The number of aryl methyl sites for hydroxylation is 1. The highest BCUT2D eigenvalue weighted by Crippen LogP contribution is 2.32. The van der Waals surface area contributed by atoms with E-state index in [1.54, 1.807) is 30.3 Å². The molecule has 0 aliphatic rings. The van der Waals surface area contributed by atoms with Crippen molar-refractivity contribution in [2.75, 3.05) is 5.32 Å². The van der Waals surface area contributed by atoms with Gasteiger partial charge in [0.05, 0.1) is 9.50 Å². The Balaban J connectivity index is 1.33. The van der Waals surface area contributed by atoms with Crippen LogP contribution in [-0.2, 0) is 6.42 Å². The molecule has 164 valence electrons. The molecular formula is C26H18BrClN2O3. The molecule has 1 amide bonds. The summed E-state index contributed by atoms with van der Waals surface area (Å²) < 4.78 is 12.6. The van der Waals surface area contributed by atoms with Crippen LogP contribution in [0.1, 0.15) is 23.0 Å². The van der Waals surface area contributed by atoms with Gasteiger partial charge in [0.25, 0.3) is 5.91 Å². The van der Waals surface area contributed by atoms with Crippen molar-refractivity contribution in [2.45, 2.75) is 13.3 Å². The summed E-state index contributed by atoms with van der Waals surface area (Å²) in [5, 5.41) is 3.40.